The molecule has 0 unspecified atom stereocenters. The molecule has 8 nitrogen and oxygen atoms in total. The number of rotatable bonds is 5. The maximum atomic E-state index is 11.5. The van der Waals surface area contributed by atoms with Crippen LogP contribution >= 0.6 is 0 Å². The van der Waals surface area contributed by atoms with Crippen molar-refractivity contribution in [3.63, 3.8) is 0 Å². The molecular weight excluding hydrogens is 250 g/mol. The maximum Gasteiger partial charge on any atom is 0.325 e. The molecule has 8 heteroatoms. The molecule has 0 aliphatic heterocycles. The SMILES string of the molecule is CC1CC(NC(=O)NCc2cn(CC(=O)O)nn2)C1. The van der Waals surface area contributed by atoms with Gasteiger partial charge in [-0.25, -0.2) is 9.48 Å². The van der Waals surface area contributed by atoms with Crippen LogP contribution in [0, 0.1) is 5.92 Å². The molecule has 0 bridgehead atoms. The number of carbonyl (C=O) groups excluding carboxylic acids is 1. The van der Waals surface area contributed by atoms with Crippen LogP contribution in [0.4, 0.5) is 4.79 Å². The van der Waals surface area contributed by atoms with E-state index in [0.29, 0.717) is 11.6 Å². The lowest BCUT2D eigenvalue weighted by Crippen LogP contribution is -2.47. The number of carbonyl (C=O) groups is 2. The first-order chi connectivity index (χ1) is 9.02. The highest BCUT2D eigenvalue weighted by molar-refractivity contribution is 5.74. The molecule has 1 aliphatic rings. The molecule has 0 atom stereocenters. The number of aliphatic carboxylic acids is 1. The van der Waals surface area contributed by atoms with E-state index in [-0.39, 0.29) is 25.2 Å². The molecule has 2 amide bonds. The highest BCUT2D eigenvalue weighted by atomic mass is 16.4. The Hall–Kier alpha value is -2.12. The summed E-state index contributed by atoms with van der Waals surface area (Å²) in [4.78, 5) is 22.0. The minimum atomic E-state index is -0.985. The van der Waals surface area contributed by atoms with Gasteiger partial charge in [0, 0.05) is 6.04 Å². The van der Waals surface area contributed by atoms with Crippen molar-refractivity contribution in [2.75, 3.05) is 0 Å². The fraction of sp³-hybridized carbons (Fsp3) is 0.636. The van der Waals surface area contributed by atoms with Crippen LogP contribution in [-0.4, -0.2) is 38.1 Å². The van der Waals surface area contributed by atoms with Gasteiger partial charge in [-0.1, -0.05) is 12.1 Å². The summed E-state index contributed by atoms with van der Waals surface area (Å²) in [6.07, 6.45) is 3.53. The lowest BCUT2D eigenvalue weighted by molar-refractivity contribution is -0.137. The molecule has 1 fully saturated rings. The van der Waals surface area contributed by atoms with Crippen LogP contribution in [0.5, 0.6) is 0 Å². The van der Waals surface area contributed by atoms with Crippen molar-refractivity contribution >= 4 is 12.0 Å². The Morgan fingerprint density at radius 1 is 1.53 bits per heavy atom. The molecule has 0 aromatic carbocycles. The zero-order valence-electron chi connectivity index (χ0n) is 10.7. The average Bonchev–Trinajstić information content (AvgIpc) is 2.71. The second-order valence-corrected chi connectivity index (χ2v) is 4.90. The molecule has 1 aromatic heterocycles. The van der Waals surface area contributed by atoms with Crippen molar-refractivity contribution in [1.82, 2.24) is 25.6 Å². The third-order valence-electron chi connectivity index (χ3n) is 3.02. The molecule has 1 aromatic rings. The monoisotopic (exact) mass is 267 g/mol. The Morgan fingerprint density at radius 2 is 2.26 bits per heavy atom. The predicted molar refractivity (Wildman–Crippen MR) is 65.2 cm³/mol. The van der Waals surface area contributed by atoms with Crippen LogP contribution in [-0.2, 0) is 17.9 Å². The van der Waals surface area contributed by atoms with E-state index in [1.165, 1.54) is 10.9 Å². The normalized spacial score (nSPS) is 21.5. The summed E-state index contributed by atoms with van der Waals surface area (Å²) in [7, 11) is 0. The zero-order chi connectivity index (χ0) is 13.8. The highest BCUT2D eigenvalue weighted by Gasteiger charge is 2.26. The molecule has 0 radical (unpaired) electrons. The number of aromatic nitrogens is 3. The summed E-state index contributed by atoms with van der Waals surface area (Å²) in [5, 5.41) is 21.5. The van der Waals surface area contributed by atoms with E-state index in [9.17, 15) is 9.59 Å². The lowest BCUT2D eigenvalue weighted by Gasteiger charge is -2.33. The van der Waals surface area contributed by atoms with Crippen LogP contribution in [0.3, 0.4) is 0 Å². The van der Waals surface area contributed by atoms with E-state index in [4.69, 9.17) is 5.11 Å². The lowest BCUT2D eigenvalue weighted by atomic mass is 9.82. The van der Waals surface area contributed by atoms with Gasteiger partial charge in [-0.2, -0.15) is 0 Å². The van der Waals surface area contributed by atoms with Crippen LogP contribution in [0.2, 0.25) is 0 Å². The van der Waals surface area contributed by atoms with E-state index in [1.807, 2.05) is 0 Å². The van der Waals surface area contributed by atoms with Crippen LogP contribution in [0.1, 0.15) is 25.5 Å². The van der Waals surface area contributed by atoms with Crippen LogP contribution in [0.15, 0.2) is 6.20 Å². The third kappa shape index (κ3) is 3.94. The second kappa shape index (κ2) is 5.68. The summed E-state index contributed by atoms with van der Waals surface area (Å²) in [6.45, 7) is 2.14. The summed E-state index contributed by atoms with van der Waals surface area (Å²) >= 11 is 0. The molecule has 2 rings (SSSR count). The third-order valence-corrected chi connectivity index (χ3v) is 3.02. The summed E-state index contributed by atoms with van der Waals surface area (Å²) < 4.78 is 1.21. The number of nitrogens with one attached hydrogen (secondary N) is 2. The number of urea groups is 1. The van der Waals surface area contributed by atoms with Gasteiger partial charge in [-0.15, -0.1) is 5.10 Å². The second-order valence-electron chi connectivity index (χ2n) is 4.90. The standard InChI is InChI=1S/C11H17N5O3/c1-7-2-8(3-7)13-11(19)12-4-9-5-16(15-14-9)6-10(17)18/h5,7-8H,2-4,6H2,1H3,(H,17,18)(H2,12,13,19). The highest BCUT2D eigenvalue weighted by Crippen LogP contribution is 2.25. The van der Waals surface area contributed by atoms with Crippen molar-refractivity contribution in [1.29, 1.82) is 0 Å². The van der Waals surface area contributed by atoms with E-state index in [0.717, 1.165) is 12.8 Å². The molecule has 1 aliphatic carbocycles. The smallest absolute Gasteiger partial charge is 0.325 e. The number of nitrogens with zero attached hydrogens (tertiary/aromatic N) is 3. The predicted octanol–water partition coefficient (Wildman–Crippen LogP) is -0.0396. The number of carboxylic acids is 1. The number of hydrogen-bond acceptors (Lipinski definition) is 4. The van der Waals surface area contributed by atoms with Gasteiger partial charge in [-0.3, -0.25) is 4.79 Å². The van der Waals surface area contributed by atoms with Crippen molar-refractivity contribution in [3.05, 3.63) is 11.9 Å². The van der Waals surface area contributed by atoms with Crippen molar-refractivity contribution < 1.29 is 14.7 Å². The summed E-state index contributed by atoms with van der Waals surface area (Å²) in [6, 6.07) is 0.0300. The van der Waals surface area contributed by atoms with Gasteiger partial charge < -0.3 is 15.7 Å². The fourth-order valence-corrected chi connectivity index (χ4v) is 2.06. The van der Waals surface area contributed by atoms with E-state index < -0.39 is 5.97 Å². The molecule has 19 heavy (non-hydrogen) atoms. The van der Waals surface area contributed by atoms with E-state index in [1.54, 1.807) is 0 Å². The molecular formula is C11H17N5O3. The van der Waals surface area contributed by atoms with E-state index >= 15 is 0 Å². The molecule has 1 heterocycles. The molecule has 0 spiro atoms. The Morgan fingerprint density at radius 3 is 2.89 bits per heavy atom. The van der Waals surface area contributed by atoms with Gasteiger partial charge in [0.1, 0.15) is 12.2 Å². The first kappa shape index (κ1) is 13.3. The minimum Gasteiger partial charge on any atom is -0.480 e. The van der Waals surface area contributed by atoms with Gasteiger partial charge in [-0.05, 0) is 18.8 Å². The number of hydrogen-bond donors (Lipinski definition) is 3. The minimum absolute atomic E-state index is 0.230. The van der Waals surface area contributed by atoms with Gasteiger partial charge in [0.05, 0.1) is 12.7 Å². The van der Waals surface area contributed by atoms with Gasteiger partial charge in [0.15, 0.2) is 0 Å². The first-order valence-corrected chi connectivity index (χ1v) is 6.18. The summed E-state index contributed by atoms with van der Waals surface area (Å²) in [5.41, 5.74) is 0.526. The first-order valence-electron chi connectivity index (χ1n) is 6.18. The number of amides is 2. The van der Waals surface area contributed by atoms with E-state index in [2.05, 4.69) is 27.9 Å². The summed E-state index contributed by atoms with van der Waals surface area (Å²) in [5.74, 6) is -0.303. The molecule has 1 saturated carbocycles. The molecule has 3 N–H and O–H groups in total. The van der Waals surface area contributed by atoms with Gasteiger partial charge >= 0.3 is 12.0 Å². The van der Waals surface area contributed by atoms with Gasteiger partial charge in [0.25, 0.3) is 0 Å². The average molecular weight is 267 g/mol. The largest absolute Gasteiger partial charge is 0.480 e. The zero-order valence-corrected chi connectivity index (χ0v) is 10.7. The molecule has 0 saturated heterocycles. The van der Waals surface area contributed by atoms with Gasteiger partial charge in [0.2, 0.25) is 0 Å². The van der Waals surface area contributed by atoms with Crippen molar-refractivity contribution in [2.24, 2.45) is 5.92 Å². The van der Waals surface area contributed by atoms with Crippen molar-refractivity contribution in [3.8, 4) is 0 Å². The van der Waals surface area contributed by atoms with Crippen molar-refractivity contribution in [2.45, 2.75) is 38.9 Å². The maximum absolute atomic E-state index is 11.5. The number of carboxylic acid groups (broad SMARTS) is 1. The molecule has 104 valence electrons. The van der Waals surface area contributed by atoms with Crippen LogP contribution in [0.25, 0.3) is 0 Å². The Kier molecular flexibility index (Phi) is 3.98. The Labute approximate surface area is 110 Å². The Balaban J connectivity index is 1.71. The Bertz CT molecular complexity index is 467. The topological polar surface area (TPSA) is 109 Å². The van der Waals surface area contributed by atoms with Crippen LogP contribution < -0.4 is 10.6 Å². The fourth-order valence-electron chi connectivity index (χ4n) is 2.06. The quantitative estimate of drug-likeness (QED) is 0.693.